The first-order chi connectivity index (χ1) is 4.83. The van der Waals surface area contributed by atoms with Gasteiger partial charge in [-0.1, -0.05) is 0 Å². The lowest BCUT2D eigenvalue weighted by Crippen LogP contribution is -2.34. The number of rotatable bonds is 4. The zero-order chi connectivity index (χ0) is 9.07. The van der Waals surface area contributed by atoms with Crippen LogP contribution in [0.5, 0.6) is 0 Å². The van der Waals surface area contributed by atoms with Gasteiger partial charge >= 0.3 is 13.8 Å². The third kappa shape index (κ3) is 5.96. The highest BCUT2D eigenvalue weighted by molar-refractivity contribution is 7.46. The quantitative estimate of drug-likeness (QED) is 0.240. The Morgan fingerprint density at radius 1 is 1.64 bits per heavy atom. The summed E-state index contributed by atoms with van der Waals surface area (Å²) in [6.45, 7) is -0.709. The number of phosphoric ester groups is 1. The van der Waals surface area contributed by atoms with Crippen LogP contribution in [0.25, 0.3) is 0 Å². The van der Waals surface area contributed by atoms with E-state index in [9.17, 15) is 9.36 Å². The molecule has 0 rings (SSSR count). The lowest BCUT2D eigenvalue weighted by atomic mass is 11.3. The summed E-state index contributed by atoms with van der Waals surface area (Å²) in [5.41, 5.74) is 4.86. The summed E-state index contributed by atoms with van der Waals surface area (Å²) < 4.78 is 13.8. The number of hydrogen-bond donors (Lipinski definition) is 4. The smallest absolute Gasteiger partial charge is 0.469 e. The van der Waals surface area contributed by atoms with E-state index in [1.165, 1.54) is 0 Å². The van der Waals surface area contributed by atoms with E-state index in [2.05, 4.69) is 4.52 Å². The van der Waals surface area contributed by atoms with Gasteiger partial charge < -0.3 is 20.6 Å². The molecule has 8 heteroatoms. The van der Waals surface area contributed by atoms with Gasteiger partial charge in [0.2, 0.25) is 0 Å². The van der Waals surface area contributed by atoms with Crippen LogP contribution in [-0.2, 0) is 13.9 Å². The van der Waals surface area contributed by atoms with Gasteiger partial charge in [-0.05, 0) is 0 Å². The summed E-state index contributed by atoms with van der Waals surface area (Å²) in [6.07, 6.45) is 0. The van der Waals surface area contributed by atoms with Crippen molar-refractivity contribution in [1.29, 1.82) is 0 Å². The molecule has 0 bridgehead atoms. The van der Waals surface area contributed by atoms with Crippen LogP contribution >= 0.6 is 7.82 Å². The molecular formula is C3H8NO6P. The normalized spacial score (nSPS) is 14.5. The number of hydrogen-bond acceptors (Lipinski definition) is 4. The second-order valence-corrected chi connectivity index (χ2v) is 2.97. The fourth-order valence-corrected chi connectivity index (χ4v) is 0.603. The molecule has 0 saturated carbocycles. The molecule has 0 aliphatic rings. The summed E-state index contributed by atoms with van der Waals surface area (Å²) >= 11 is 0. The van der Waals surface area contributed by atoms with Crippen LogP contribution < -0.4 is 5.73 Å². The predicted molar refractivity (Wildman–Crippen MR) is 33.6 cm³/mol. The maximum atomic E-state index is 9.98. The van der Waals surface area contributed by atoms with E-state index in [1.54, 1.807) is 0 Å². The molecule has 0 amide bonds. The number of carboxylic acids is 1. The van der Waals surface area contributed by atoms with Gasteiger partial charge in [0.1, 0.15) is 6.04 Å². The van der Waals surface area contributed by atoms with Gasteiger partial charge in [-0.25, -0.2) is 4.57 Å². The average Bonchev–Trinajstić information content (AvgIpc) is 1.80. The largest absolute Gasteiger partial charge is 0.480 e. The van der Waals surface area contributed by atoms with Crippen molar-refractivity contribution >= 4 is 13.8 Å². The van der Waals surface area contributed by atoms with Crippen LogP contribution in [0.15, 0.2) is 0 Å². The van der Waals surface area contributed by atoms with E-state index in [1.807, 2.05) is 0 Å². The van der Waals surface area contributed by atoms with Crippen molar-refractivity contribution in [3.63, 3.8) is 0 Å². The molecule has 0 fully saturated rings. The van der Waals surface area contributed by atoms with Crippen LogP contribution in [0.1, 0.15) is 0 Å². The maximum Gasteiger partial charge on any atom is 0.469 e. The minimum Gasteiger partial charge on any atom is -0.480 e. The molecule has 0 aliphatic carbocycles. The Morgan fingerprint density at radius 2 is 2.09 bits per heavy atom. The van der Waals surface area contributed by atoms with Crippen molar-refractivity contribution < 1.29 is 28.8 Å². The number of carboxylic acid groups (broad SMARTS) is 1. The molecule has 0 heterocycles. The SMILES string of the molecule is [15NH2][13C@H]([13CH2]OP(=O)(O)O)[13C](=O)O. The third-order valence-corrected chi connectivity index (χ3v) is 1.22. The van der Waals surface area contributed by atoms with Crippen molar-refractivity contribution in [2.24, 2.45) is 5.73 Å². The third-order valence-electron chi connectivity index (χ3n) is 0.739. The summed E-state index contributed by atoms with van der Waals surface area (Å²) in [6, 6.07) is -1.41. The standard InChI is InChI=1S/C3H8NO6P/c4-2(3(5)6)1-10-11(7,8)9/h2H,1,4H2,(H,5,6)(H2,7,8,9)/t2-/m1/s1/i1+1,2+1,3+1,4+1. The van der Waals surface area contributed by atoms with Crippen molar-refractivity contribution in [1.82, 2.24) is 0 Å². The zero-order valence-electron chi connectivity index (χ0n) is 5.38. The van der Waals surface area contributed by atoms with E-state index in [-0.39, 0.29) is 0 Å². The Kier molecular flexibility index (Phi) is 3.64. The summed E-state index contributed by atoms with van der Waals surface area (Å²) in [5.74, 6) is -1.38. The van der Waals surface area contributed by atoms with E-state index in [0.717, 1.165) is 0 Å². The molecule has 0 radical (unpaired) electrons. The molecule has 0 unspecified atom stereocenters. The molecule has 7 nitrogen and oxygen atoms in total. The van der Waals surface area contributed by atoms with Crippen molar-refractivity contribution in [2.45, 2.75) is 6.04 Å². The highest BCUT2D eigenvalue weighted by Gasteiger charge is 2.19. The fraction of sp³-hybridized carbons (Fsp3) is 0.667. The molecule has 5 N–H and O–H groups in total. The molecule has 0 aromatic rings. The minimum absolute atomic E-state index is 0.709. The molecular weight excluding hydrogens is 181 g/mol. The number of aliphatic carboxylic acids is 1. The van der Waals surface area contributed by atoms with E-state index in [0.29, 0.717) is 0 Å². The number of phosphoric acid groups is 1. The Morgan fingerprint density at radius 3 is 2.36 bits per heavy atom. The monoisotopic (exact) mass is 189 g/mol. The molecule has 0 spiro atoms. The molecule has 11 heavy (non-hydrogen) atoms. The van der Waals surface area contributed by atoms with Crippen LogP contribution in [0.4, 0.5) is 0 Å². The van der Waals surface area contributed by atoms with Crippen molar-refractivity contribution in [3.05, 3.63) is 0 Å². The van der Waals surface area contributed by atoms with Gasteiger partial charge in [0, 0.05) is 0 Å². The topological polar surface area (TPSA) is 130 Å². The van der Waals surface area contributed by atoms with E-state index >= 15 is 0 Å². The molecule has 66 valence electrons. The minimum atomic E-state index is -4.60. The Bertz CT molecular complexity index is 186. The summed E-state index contributed by atoms with van der Waals surface area (Å²) in [7, 11) is -4.60. The van der Waals surface area contributed by atoms with E-state index < -0.39 is 26.4 Å². The lowest BCUT2D eigenvalue weighted by molar-refractivity contribution is -0.139. The van der Waals surface area contributed by atoms with Gasteiger partial charge in [0.05, 0.1) is 6.61 Å². The molecule has 1 atom stereocenters. The van der Waals surface area contributed by atoms with Crippen LogP contribution in [0.3, 0.4) is 0 Å². The van der Waals surface area contributed by atoms with Gasteiger partial charge in [0.15, 0.2) is 0 Å². The fourth-order valence-electron chi connectivity index (χ4n) is 0.249. The first-order valence-corrected chi connectivity index (χ1v) is 4.04. The number of nitrogens with two attached hydrogens (primary N) is 1. The summed E-state index contributed by atoms with van der Waals surface area (Å²) in [4.78, 5) is 26.1. The van der Waals surface area contributed by atoms with Crippen molar-refractivity contribution in [3.8, 4) is 0 Å². The molecule has 0 aromatic carbocycles. The van der Waals surface area contributed by atoms with Crippen molar-refractivity contribution in [2.75, 3.05) is 6.61 Å². The number of carbonyl (C=O) groups is 1. The van der Waals surface area contributed by atoms with Crippen LogP contribution in [0, 0.1) is 0 Å². The highest BCUT2D eigenvalue weighted by atomic mass is 31.2. The van der Waals surface area contributed by atoms with Gasteiger partial charge in [-0.2, -0.15) is 0 Å². The molecule has 0 aliphatic heterocycles. The zero-order valence-corrected chi connectivity index (χ0v) is 6.27. The molecule has 0 saturated heterocycles. The second-order valence-electron chi connectivity index (χ2n) is 1.73. The maximum absolute atomic E-state index is 9.98. The average molecular weight is 189 g/mol. The second kappa shape index (κ2) is 3.80. The lowest BCUT2D eigenvalue weighted by Gasteiger charge is -2.07. The first-order valence-electron chi connectivity index (χ1n) is 2.51. The first kappa shape index (κ1) is 10.5. The predicted octanol–water partition coefficient (Wildman–Crippen LogP) is -1.49. The van der Waals surface area contributed by atoms with Gasteiger partial charge in [-0.3, -0.25) is 9.32 Å². The van der Waals surface area contributed by atoms with Gasteiger partial charge in [-0.15, -0.1) is 0 Å². The van der Waals surface area contributed by atoms with E-state index in [4.69, 9.17) is 20.6 Å². The Hall–Kier alpha value is -0.460. The van der Waals surface area contributed by atoms with Crippen LogP contribution in [0.2, 0.25) is 0 Å². The highest BCUT2D eigenvalue weighted by Crippen LogP contribution is 2.35. The Balaban J connectivity index is 3.72. The summed E-state index contributed by atoms with van der Waals surface area (Å²) in [5, 5.41) is 8.12. The molecule has 0 aromatic heterocycles. The van der Waals surface area contributed by atoms with Crippen LogP contribution in [-0.4, -0.2) is 33.5 Å². The van der Waals surface area contributed by atoms with Gasteiger partial charge in [0.25, 0.3) is 0 Å². The Labute approximate surface area is 62.0 Å².